The summed E-state index contributed by atoms with van der Waals surface area (Å²) in [5.74, 6) is 0.0457. The Morgan fingerprint density at radius 2 is 2.07 bits per heavy atom. The third kappa shape index (κ3) is 4.16. The molecule has 1 aromatic heterocycles. The van der Waals surface area contributed by atoms with E-state index >= 15 is 0 Å². The SMILES string of the molecule is CCc1cn(-c2ccc(C(=O)NCc3ccc(C)c(F)c3)cc2OC)cn1. The summed E-state index contributed by atoms with van der Waals surface area (Å²) in [6.07, 6.45) is 4.50. The molecule has 0 spiro atoms. The lowest BCUT2D eigenvalue weighted by molar-refractivity contribution is 0.0950. The number of aromatic nitrogens is 2. The third-order valence-electron chi connectivity index (χ3n) is 4.41. The number of hydrogen-bond acceptors (Lipinski definition) is 3. The van der Waals surface area contributed by atoms with Gasteiger partial charge in [-0.15, -0.1) is 0 Å². The number of rotatable bonds is 6. The highest BCUT2D eigenvalue weighted by Crippen LogP contribution is 2.24. The zero-order valence-electron chi connectivity index (χ0n) is 15.6. The highest BCUT2D eigenvalue weighted by molar-refractivity contribution is 5.95. The van der Waals surface area contributed by atoms with Crippen molar-refractivity contribution >= 4 is 5.91 Å². The van der Waals surface area contributed by atoms with Crippen molar-refractivity contribution in [2.75, 3.05) is 7.11 Å². The van der Waals surface area contributed by atoms with Gasteiger partial charge in [0.1, 0.15) is 11.6 Å². The Labute approximate surface area is 157 Å². The van der Waals surface area contributed by atoms with Gasteiger partial charge in [-0.05, 0) is 48.7 Å². The minimum absolute atomic E-state index is 0.249. The summed E-state index contributed by atoms with van der Waals surface area (Å²) in [5.41, 5.74) is 3.54. The van der Waals surface area contributed by atoms with Gasteiger partial charge in [0.2, 0.25) is 0 Å². The van der Waals surface area contributed by atoms with E-state index in [2.05, 4.69) is 10.3 Å². The quantitative estimate of drug-likeness (QED) is 0.721. The summed E-state index contributed by atoms with van der Waals surface area (Å²) in [4.78, 5) is 16.8. The van der Waals surface area contributed by atoms with Gasteiger partial charge in [-0.3, -0.25) is 4.79 Å². The van der Waals surface area contributed by atoms with Gasteiger partial charge in [-0.1, -0.05) is 19.1 Å². The van der Waals surface area contributed by atoms with E-state index in [0.29, 0.717) is 22.4 Å². The van der Waals surface area contributed by atoms with E-state index in [9.17, 15) is 9.18 Å². The molecular weight excluding hydrogens is 345 g/mol. The van der Waals surface area contributed by atoms with Crippen molar-refractivity contribution in [1.29, 1.82) is 0 Å². The number of imidazole rings is 1. The van der Waals surface area contributed by atoms with Gasteiger partial charge in [0.15, 0.2) is 0 Å². The number of carbonyl (C=O) groups excluding carboxylic acids is 1. The first kappa shape index (κ1) is 18.6. The minimum Gasteiger partial charge on any atom is -0.495 e. The van der Waals surface area contributed by atoms with Crippen LogP contribution in [0.15, 0.2) is 48.9 Å². The fraction of sp³-hybridized carbons (Fsp3) is 0.238. The van der Waals surface area contributed by atoms with Crippen molar-refractivity contribution in [3.8, 4) is 11.4 Å². The van der Waals surface area contributed by atoms with Crippen molar-refractivity contribution in [3.05, 3.63) is 77.1 Å². The molecule has 1 heterocycles. The molecule has 0 fully saturated rings. The molecule has 140 valence electrons. The maximum atomic E-state index is 13.6. The fourth-order valence-corrected chi connectivity index (χ4v) is 2.74. The van der Waals surface area contributed by atoms with E-state index in [0.717, 1.165) is 17.8 Å². The molecule has 0 aliphatic carbocycles. The van der Waals surface area contributed by atoms with Crippen LogP contribution in [0, 0.1) is 12.7 Å². The molecule has 5 nitrogen and oxygen atoms in total. The molecular formula is C21H22FN3O2. The minimum atomic E-state index is -0.278. The van der Waals surface area contributed by atoms with Crippen LogP contribution in [0.25, 0.3) is 5.69 Å². The average molecular weight is 367 g/mol. The van der Waals surface area contributed by atoms with E-state index in [1.165, 1.54) is 6.07 Å². The highest BCUT2D eigenvalue weighted by atomic mass is 19.1. The van der Waals surface area contributed by atoms with Crippen LogP contribution in [0.2, 0.25) is 0 Å². The largest absolute Gasteiger partial charge is 0.495 e. The predicted molar refractivity (Wildman–Crippen MR) is 102 cm³/mol. The summed E-state index contributed by atoms with van der Waals surface area (Å²) in [6, 6.07) is 10.2. The summed E-state index contributed by atoms with van der Waals surface area (Å²) >= 11 is 0. The zero-order chi connectivity index (χ0) is 19.4. The first-order valence-corrected chi connectivity index (χ1v) is 8.76. The zero-order valence-corrected chi connectivity index (χ0v) is 15.6. The number of nitrogens with one attached hydrogen (secondary N) is 1. The fourth-order valence-electron chi connectivity index (χ4n) is 2.74. The van der Waals surface area contributed by atoms with E-state index in [1.807, 2.05) is 23.8 Å². The normalized spacial score (nSPS) is 10.7. The molecule has 0 radical (unpaired) electrons. The molecule has 0 aliphatic rings. The maximum absolute atomic E-state index is 13.6. The second kappa shape index (κ2) is 8.03. The number of nitrogens with zero attached hydrogens (tertiary/aromatic N) is 2. The second-order valence-electron chi connectivity index (χ2n) is 6.28. The lowest BCUT2D eigenvalue weighted by atomic mass is 10.1. The lowest BCUT2D eigenvalue weighted by Gasteiger charge is -2.12. The Balaban J connectivity index is 1.75. The van der Waals surface area contributed by atoms with Crippen LogP contribution in [0.1, 0.15) is 34.1 Å². The summed E-state index contributed by atoms with van der Waals surface area (Å²) in [5, 5.41) is 2.81. The van der Waals surface area contributed by atoms with Crippen molar-refractivity contribution in [3.63, 3.8) is 0 Å². The van der Waals surface area contributed by atoms with Crippen LogP contribution in [0.4, 0.5) is 4.39 Å². The number of benzene rings is 2. The maximum Gasteiger partial charge on any atom is 0.251 e. The number of carbonyl (C=O) groups is 1. The number of amides is 1. The molecule has 27 heavy (non-hydrogen) atoms. The molecule has 2 aromatic carbocycles. The Bertz CT molecular complexity index is 966. The van der Waals surface area contributed by atoms with Crippen molar-refractivity contribution in [2.45, 2.75) is 26.8 Å². The van der Waals surface area contributed by atoms with Gasteiger partial charge < -0.3 is 14.6 Å². The van der Waals surface area contributed by atoms with E-state index in [4.69, 9.17) is 4.74 Å². The van der Waals surface area contributed by atoms with E-state index in [-0.39, 0.29) is 18.3 Å². The van der Waals surface area contributed by atoms with Crippen molar-refractivity contribution in [2.24, 2.45) is 0 Å². The molecule has 0 saturated carbocycles. The van der Waals surface area contributed by atoms with Crippen LogP contribution in [-0.2, 0) is 13.0 Å². The van der Waals surface area contributed by atoms with Crippen molar-refractivity contribution in [1.82, 2.24) is 14.9 Å². The van der Waals surface area contributed by atoms with Gasteiger partial charge in [0, 0.05) is 18.3 Å². The van der Waals surface area contributed by atoms with Gasteiger partial charge in [0.05, 0.1) is 24.8 Å². The smallest absolute Gasteiger partial charge is 0.251 e. The average Bonchev–Trinajstić information content (AvgIpc) is 3.17. The highest BCUT2D eigenvalue weighted by Gasteiger charge is 2.12. The predicted octanol–water partition coefficient (Wildman–Crippen LogP) is 3.82. The van der Waals surface area contributed by atoms with Crippen LogP contribution in [-0.4, -0.2) is 22.6 Å². The second-order valence-corrected chi connectivity index (χ2v) is 6.28. The molecule has 0 atom stereocenters. The monoisotopic (exact) mass is 367 g/mol. The number of halogens is 1. The Morgan fingerprint density at radius 3 is 2.74 bits per heavy atom. The Kier molecular flexibility index (Phi) is 5.54. The van der Waals surface area contributed by atoms with Crippen LogP contribution in [0.3, 0.4) is 0 Å². The molecule has 6 heteroatoms. The Hall–Kier alpha value is -3.15. The first-order valence-electron chi connectivity index (χ1n) is 8.76. The molecule has 0 saturated heterocycles. The first-order chi connectivity index (χ1) is 13.0. The summed E-state index contributed by atoms with van der Waals surface area (Å²) < 4.78 is 20.9. The van der Waals surface area contributed by atoms with Gasteiger partial charge in [0.25, 0.3) is 5.91 Å². The van der Waals surface area contributed by atoms with Crippen molar-refractivity contribution < 1.29 is 13.9 Å². The third-order valence-corrected chi connectivity index (χ3v) is 4.41. The Morgan fingerprint density at radius 1 is 1.26 bits per heavy atom. The molecule has 1 amide bonds. The molecule has 1 N–H and O–H groups in total. The topological polar surface area (TPSA) is 56.2 Å². The summed E-state index contributed by atoms with van der Waals surface area (Å²) in [7, 11) is 1.56. The van der Waals surface area contributed by atoms with Gasteiger partial charge >= 0.3 is 0 Å². The van der Waals surface area contributed by atoms with E-state index in [1.54, 1.807) is 44.6 Å². The lowest BCUT2D eigenvalue weighted by Crippen LogP contribution is -2.23. The van der Waals surface area contributed by atoms with Crippen LogP contribution >= 0.6 is 0 Å². The molecule has 3 aromatic rings. The van der Waals surface area contributed by atoms with Crippen LogP contribution < -0.4 is 10.1 Å². The summed E-state index contributed by atoms with van der Waals surface area (Å²) in [6.45, 7) is 3.99. The number of hydrogen-bond donors (Lipinski definition) is 1. The number of ether oxygens (including phenoxy) is 1. The number of aryl methyl sites for hydroxylation is 2. The molecule has 0 bridgehead atoms. The number of methoxy groups -OCH3 is 1. The van der Waals surface area contributed by atoms with Crippen LogP contribution in [0.5, 0.6) is 5.75 Å². The van der Waals surface area contributed by atoms with E-state index < -0.39 is 0 Å². The van der Waals surface area contributed by atoms with Gasteiger partial charge in [-0.25, -0.2) is 9.37 Å². The molecule has 3 rings (SSSR count). The molecule has 0 aliphatic heterocycles. The van der Waals surface area contributed by atoms with Gasteiger partial charge in [-0.2, -0.15) is 0 Å². The standard InChI is InChI=1S/C21H22FN3O2/c1-4-17-12-25(13-24-17)19-8-7-16(10-20(19)27-3)21(26)23-11-15-6-5-14(2)18(22)9-15/h5-10,12-13H,4,11H2,1-3H3,(H,23,26). The molecule has 0 unspecified atom stereocenters.